The molecule has 1 aromatic rings. The van der Waals surface area contributed by atoms with Crippen molar-refractivity contribution in [3.05, 3.63) is 34.6 Å². The Morgan fingerprint density at radius 2 is 1.88 bits per heavy atom. The molecule has 1 rings (SSSR count). The Morgan fingerprint density at radius 3 is 2.35 bits per heavy atom. The first-order valence-electron chi connectivity index (χ1n) is 5.72. The quantitative estimate of drug-likeness (QED) is 0.626. The molecule has 0 atom stereocenters. The first-order valence-corrected chi connectivity index (χ1v) is 5.72. The third kappa shape index (κ3) is 4.06. The van der Waals surface area contributed by atoms with E-state index in [9.17, 15) is 4.39 Å². The summed E-state index contributed by atoms with van der Waals surface area (Å²) in [6, 6.07) is 3.86. The van der Waals surface area contributed by atoms with Gasteiger partial charge < -0.3 is 11.1 Å². The zero-order chi connectivity index (χ0) is 13.0. The number of rotatable bonds is 3. The molecule has 1 aromatic carbocycles. The number of halogens is 1. The zero-order valence-corrected chi connectivity index (χ0v) is 10.8. The van der Waals surface area contributed by atoms with E-state index in [1.807, 2.05) is 13.8 Å². The van der Waals surface area contributed by atoms with Crippen LogP contribution in [0.5, 0.6) is 0 Å². The Labute approximate surface area is 102 Å². The largest absolute Gasteiger partial charge is 0.370 e. The van der Waals surface area contributed by atoms with Crippen LogP contribution in [0, 0.1) is 19.7 Å². The third-order valence-corrected chi connectivity index (χ3v) is 2.36. The SMILES string of the molecule is Cc1cc(CN=C(N)NC(C)C)cc(C)c1F. The van der Waals surface area contributed by atoms with Gasteiger partial charge in [0, 0.05) is 6.04 Å². The molecule has 4 heteroatoms. The molecule has 0 saturated carbocycles. The van der Waals surface area contributed by atoms with Crippen molar-refractivity contribution in [2.75, 3.05) is 0 Å². The fourth-order valence-electron chi connectivity index (χ4n) is 1.64. The molecule has 0 heterocycles. The molecule has 0 radical (unpaired) electrons. The smallest absolute Gasteiger partial charge is 0.189 e. The number of nitrogens with two attached hydrogens (primary N) is 1. The van der Waals surface area contributed by atoms with Crippen molar-refractivity contribution in [2.24, 2.45) is 10.7 Å². The Morgan fingerprint density at radius 1 is 1.35 bits per heavy atom. The van der Waals surface area contributed by atoms with Crippen molar-refractivity contribution in [3.8, 4) is 0 Å². The van der Waals surface area contributed by atoms with Crippen molar-refractivity contribution in [3.63, 3.8) is 0 Å². The molecule has 0 amide bonds. The highest BCUT2D eigenvalue weighted by molar-refractivity contribution is 5.78. The Balaban J connectivity index is 2.76. The lowest BCUT2D eigenvalue weighted by Crippen LogP contribution is -2.36. The van der Waals surface area contributed by atoms with E-state index in [0.29, 0.717) is 23.6 Å². The maximum absolute atomic E-state index is 13.4. The molecule has 0 aliphatic carbocycles. The number of guanidine groups is 1. The van der Waals surface area contributed by atoms with E-state index in [2.05, 4.69) is 10.3 Å². The van der Waals surface area contributed by atoms with Crippen molar-refractivity contribution in [1.29, 1.82) is 0 Å². The summed E-state index contributed by atoms with van der Waals surface area (Å²) in [6.07, 6.45) is 0. The second kappa shape index (κ2) is 5.66. The molecule has 17 heavy (non-hydrogen) atoms. The van der Waals surface area contributed by atoms with E-state index in [-0.39, 0.29) is 11.9 Å². The van der Waals surface area contributed by atoms with Crippen LogP contribution in [0.2, 0.25) is 0 Å². The van der Waals surface area contributed by atoms with Crippen molar-refractivity contribution < 1.29 is 4.39 Å². The molecule has 0 fully saturated rings. The van der Waals surface area contributed by atoms with Gasteiger partial charge in [-0.2, -0.15) is 0 Å². The molecule has 3 nitrogen and oxygen atoms in total. The lowest BCUT2D eigenvalue weighted by atomic mass is 10.1. The van der Waals surface area contributed by atoms with Crippen molar-refractivity contribution in [1.82, 2.24) is 5.32 Å². The molecule has 94 valence electrons. The Hall–Kier alpha value is -1.58. The lowest BCUT2D eigenvalue weighted by Gasteiger charge is -2.09. The fraction of sp³-hybridized carbons (Fsp3) is 0.462. The van der Waals surface area contributed by atoms with Gasteiger partial charge in [0.1, 0.15) is 5.82 Å². The van der Waals surface area contributed by atoms with E-state index in [1.54, 1.807) is 26.0 Å². The summed E-state index contributed by atoms with van der Waals surface area (Å²) in [7, 11) is 0. The van der Waals surface area contributed by atoms with Crippen LogP contribution in [0.3, 0.4) is 0 Å². The van der Waals surface area contributed by atoms with Crippen molar-refractivity contribution in [2.45, 2.75) is 40.3 Å². The second-order valence-electron chi connectivity index (χ2n) is 4.54. The van der Waals surface area contributed by atoms with Gasteiger partial charge in [0.15, 0.2) is 5.96 Å². The zero-order valence-electron chi connectivity index (χ0n) is 10.8. The Bertz CT molecular complexity index is 402. The van der Waals surface area contributed by atoms with E-state index >= 15 is 0 Å². The molecule has 0 aliphatic heterocycles. The predicted molar refractivity (Wildman–Crippen MR) is 69.5 cm³/mol. The summed E-state index contributed by atoms with van der Waals surface area (Å²) < 4.78 is 13.4. The third-order valence-electron chi connectivity index (χ3n) is 2.36. The number of aryl methyl sites for hydroxylation is 2. The molecule has 3 N–H and O–H groups in total. The van der Waals surface area contributed by atoms with Gasteiger partial charge in [0.05, 0.1) is 6.54 Å². The first-order chi connectivity index (χ1) is 7.90. The second-order valence-corrected chi connectivity index (χ2v) is 4.54. The monoisotopic (exact) mass is 237 g/mol. The van der Waals surface area contributed by atoms with Gasteiger partial charge in [-0.1, -0.05) is 12.1 Å². The van der Waals surface area contributed by atoms with E-state index in [4.69, 9.17) is 5.73 Å². The predicted octanol–water partition coefficient (Wildman–Crippen LogP) is 2.26. The summed E-state index contributed by atoms with van der Waals surface area (Å²) in [6.45, 7) is 7.97. The standard InChI is InChI=1S/C13H20FN3/c1-8(2)17-13(15)16-7-11-5-9(3)12(14)10(4)6-11/h5-6,8H,7H2,1-4H3,(H3,15,16,17). The van der Waals surface area contributed by atoms with E-state index in [1.165, 1.54) is 0 Å². The molecule has 0 unspecified atom stereocenters. The molecule has 0 aromatic heterocycles. The van der Waals surface area contributed by atoms with E-state index in [0.717, 1.165) is 5.56 Å². The maximum atomic E-state index is 13.4. The summed E-state index contributed by atoms with van der Waals surface area (Å²) in [5.41, 5.74) is 7.95. The topological polar surface area (TPSA) is 50.4 Å². The highest BCUT2D eigenvalue weighted by Gasteiger charge is 2.04. The minimum Gasteiger partial charge on any atom is -0.370 e. The van der Waals surface area contributed by atoms with Crippen LogP contribution in [0.15, 0.2) is 17.1 Å². The summed E-state index contributed by atoms with van der Waals surface area (Å²) in [5, 5.41) is 3.01. The highest BCUT2D eigenvalue weighted by Crippen LogP contribution is 2.15. The molecule has 0 saturated heterocycles. The lowest BCUT2D eigenvalue weighted by molar-refractivity contribution is 0.608. The average Bonchev–Trinajstić information content (AvgIpc) is 2.22. The van der Waals surface area contributed by atoms with Gasteiger partial charge >= 0.3 is 0 Å². The minimum atomic E-state index is -0.147. The first kappa shape index (κ1) is 13.5. The van der Waals surface area contributed by atoms with Crippen LogP contribution in [-0.2, 0) is 6.54 Å². The van der Waals surface area contributed by atoms with Crippen LogP contribution in [0.1, 0.15) is 30.5 Å². The number of aliphatic imine (C=N–C) groups is 1. The summed E-state index contributed by atoms with van der Waals surface area (Å²) >= 11 is 0. The van der Waals surface area contributed by atoms with Crippen LogP contribution in [0.25, 0.3) is 0 Å². The Kier molecular flexibility index (Phi) is 4.49. The number of nitrogens with one attached hydrogen (secondary N) is 1. The van der Waals surface area contributed by atoms with Gasteiger partial charge in [-0.15, -0.1) is 0 Å². The van der Waals surface area contributed by atoms with E-state index < -0.39 is 0 Å². The van der Waals surface area contributed by atoms with Gasteiger partial charge in [-0.25, -0.2) is 9.38 Å². The minimum absolute atomic E-state index is 0.147. The number of benzene rings is 1. The van der Waals surface area contributed by atoms with Gasteiger partial charge in [-0.05, 0) is 44.4 Å². The number of nitrogens with zero attached hydrogens (tertiary/aromatic N) is 1. The maximum Gasteiger partial charge on any atom is 0.189 e. The number of hydrogen-bond donors (Lipinski definition) is 2. The highest BCUT2D eigenvalue weighted by atomic mass is 19.1. The molecule has 0 bridgehead atoms. The van der Waals surface area contributed by atoms with Gasteiger partial charge in [-0.3, -0.25) is 0 Å². The molecule has 0 spiro atoms. The number of hydrogen-bond acceptors (Lipinski definition) is 1. The van der Waals surface area contributed by atoms with Crippen LogP contribution >= 0.6 is 0 Å². The van der Waals surface area contributed by atoms with Crippen LogP contribution in [0.4, 0.5) is 4.39 Å². The average molecular weight is 237 g/mol. The molecule has 0 aliphatic rings. The summed E-state index contributed by atoms with van der Waals surface area (Å²) in [5.74, 6) is 0.269. The van der Waals surface area contributed by atoms with Crippen molar-refractivity contribution >= 4 is 5.96 Å². The normalized spacial score (nSPS) is 12.0. The molecular weight excluding hydrogens is 217 g/mol. The summed E-state index contributed by atoms with van der Waals surface area (Å²) in [4.78, 5) is 4.21. The van der Waals surface area contributed by atoms with Gasteiger partial charge in [0.25, 0.3) is 0 Å². The fourth-order valence-corrected chi connectivity index (χ4v) is 1.64. The van der Waals surface area contributed by atoms with Crippen LogP contribution < -0.4 is 11.1 Å². The van der Waals surface area contributed by atoms with Crippen LogP contribution in [-0.4, -0.2) is 12.0 Å². The van der Waals surface area contributed by atoms with Gasteiger partial charge in [0.2, 0.25) is 0 Å². The molecular formula is C13H20FN3.